The normalized spacial score (nSPS) is 21.6. The fraction of sp³-hybridized carbons (Fsp3) is 0.483. The number of hydrogen-bond donors (Lipinski definition) is 2. The number of fused-ring (bicyclic) bond motifs is 1. The third kappa shape index (κ3) is 6.07. The minimum absolute atomic E-state index is 0.112. The average Bonchev–Trinajstić information content (AvgIpc) is 3.67. The summed E-state index contributed by atoms with van der Waals surface area (Å²) in [4.78, 5) is 53.0. The Bertz CT molecular complexity index is 1420. The molecule has 3 aliphatic rings. The van der Waals surface area contributed by atoms with Crippen molar-refractivity contribution in [2.75, 3.05) is 50.0 Å². The number of morpholine rings is 1. The molecule has 216 valence electrons. The highest BCUT2D eigenvalue weighted by molar-refractivity contribution is 6.30. The van der Waals surface area contributed by atoms with Gasteiger partial charge in [-0.25, -0.2) is 9.97 Å². The molecule has 3 fully saturated rings. The lowest BCUT2D eigenvalue weighted by molar-refractivity contribution is -0.121. The van der Waals surface area contributed by atoms with Gasteiger partial charge >= 0.3 is 0 Å². The first kappa shape index (κ1) is 27.6. The number of aromatic nitrogens is 2. The van der Waals surface area contributed by atoms with Crippen molar-refractivity contribution in [2.45, 2.75) is 44.6 Å². The number of carbonyl (C=O) groups is 3. The number of likely N-dealkylation sites (tertiary alicyclic amines) is 1. The van der Waals surface area contributed by atoms with Gasteiger partial charge in [0.1, 0.15) is 22.7 Å². The number of halogens is 1. The van der Waals surface area contributed by atoms with Gasteiger partial charge in [-0.15, -0.1) is 0 Å². The quantitative estimate of drug-likeness (QED) is 0.444. The van der Waals surface area contributed by atoms with E-state index in [9.17, 15) is 14.4 Å². The highest BCUT2D eigenvalue weighted by Crippen LogP contribution is 2.34. The van der Waals surface area contributed by atoms with Crippen LogP contribution in [-0.4, -0.2) is 82.9 Å². The molecular weight excluding hydrogens is 548 g/mol. The van der Waals surface area contributed by atoms with Gasteiger partial charge < -0.3 is 29.6 Å². The maximum Gasteiger partial charge on any atom is 0.294 e. The zero-order valence-corrected chi connectivity index (χ0v) is 23.5. The van der Waals surface area contributed by atoms with Gasteiger partial charge in [-0.2, -0.15) is 0 Å². The van der Waals surface area contributed by atoms with Crippen molar-refractivity contribution in [1.82, 2.24) is 19.8 Å². The van der Waals surface area contributed by atoms with Crippen molar-refractivity contribution in [3.63, 3.8) is 0 Å². The standard InChI is InChI=1S/C29H33ClN6O5/c30-19-5-10-23(31-17-19)33-28(38)26-25(34-27(37)18-3-6-20(7-4-18)35-11-1-2-12-35)24-22(41-26)9-8-21(32-24)29(39)36-13-15-40-16-14-36/h5,8-10,17-18,20H,1-4,6-7,11-16H2,(H,34,37)(H,31,33,38). The molecule has 0 radical (unpaired) electrons. The second-order valence-corrected chi connectivity index (χ2v) is 11.2. The number of anilines is 2. The molecule has 6 rings (SSSR count). The number of ether oxygens (including phenoxy) is 1. The summed E-state index contributed by atoms with van der Waals surface area (Å²) < 4.78 is 11.3. The summed E-state index contributed by atoms with van der Waals surface area (Å²) in [5.74, 6) is -1.06. The largest absolute Gasteiger partial charge is 0.447 e. The molecule has 3 amide bonds. The molecule has 2 N–H and O–H groups in total. The van der Waals surface area contributed by atoms with E-state index >= 15 is 0 Å². The molecule has 41 heavy (non-hydrogen) atoms. The molecule has 0 bridgehead atoms. The number of nitrogens with one attached hydrogen (secondary N) is 2. The second-order valence-electron chi connectivity index (χ2n) is 10.8. The molecule has 11 nitrogen and oxygen atoms in total. The molecule has 3 aromatic rings. The first-order valence-electron chi connectivity index (χ1n) is 14.2. The minimum atomic E-state index is -0.605. The Morgan fingerprint density at radius 3 is 2.39 bits per heavy atom. The van der Waals surface area contributed by atoms with Crippen molar-refractivity contribution < 1.29 is 23.5 Å². The van der Waals surface area contributed by atoms with Crippen molar-refractivity contribution in [3.05, 3.63) is 46.9 Å². The van der Waals surface area contributed by atoms with Crippen molar-refractivity contribution in [1.29, 1.82) is 0 Å². The van der Waals surface area contributed by atoms with E-state index in [1.165, 1.54) is 19.0 Å². The van der Waals surface area contributed by atoms with E-state index in [2.05, 4.69) is 25.5 Å². The van der Waals surface area contributed by atoms with E-state index in [1.54, 1.807) is 29.2 Å². The predicted octanol–water partition coefficient (Wildman–Crippen LogP) is 4.19. The Hall–Kier alpha value is -3.54. The number of furan rings is 1. The van der Waals surface area contributed by atoms with Gasteiger partial charge in [-0.1, -0.05) is 11.6 Å². The van der Waals surface area contributed by atoms with Crippen molar-refractivity contribution in [3.8, 4) is 0 Å². The van der Waals surface area contributed by atoms with E-state index < -0.39 is 5.91 Å². The summed E-state index contributed by atoms with van der Waals surface area (Å²) in [7, 11) is 0. The highest BCUT2D eigenvalue weighted by Gasteiger charge is 2.33. The summed E-state index contributed by atoms with van der Waals surface area (Å²) in [6.07, 6.45) is 7.38. The summed E-state index contributed by atoms with van der Waals surface area (Å²) in [5.41, 5.74) is 0.881. The summed E-state index contributed by atoms with van der Waals surface area (Å²) in [6, 6.07) is 6.87. The molecule has 0 aromatic carbocycles. The minimum Gasteiger partial charge on any atom is -0.447 e. The van der Waals surface area contributed by atoms with Crippen LogP contribution in [0.1, 0.15) is 59.6 Å². The Morgan fingerprint density at radius 2 is 1.68 bits per heavy atom. The van der Waals surface area contributed by atoms with Crippen LogP contribution in [0.2, 0.25) is 5.02 Å². The van der Waals surface area contributed by atoms with Crippen LogP contribution in [0.15, 0.2) is 34.9 Å². The molecular formula is C29H33ClN6O5. The van der Waals surface area contributed by atoms with Crippen LogP contribution in [0.25, 0.3) is 11.1 Å². The zero-order valence-electron chi connectivity index (χ0n) is 22.7. The molecule has 2 aliphatic heterocycles. The fourth-order valence-electron chi connectivity index (χ4n) is 5.96. The number of hydrogen-bond acceptors (Lipinski definition) is 8. The van der Waals surface area contributed by atoms with Gasteiger partial charge in [0, 0.05) is 31.2 Å². The van der Waals surface area contributed by atoms with E-state index in [0.717, 1.165) is 38.8 Å². The monoisotopic (exact) mass is 580 g/mol. The summed E-state index contributed by atoms with van der Waals surface area (Å²) >= 11 is 5.93. The lowest BCUT2D eigenvalue weighted by atomic mass is 9.85. The number of amides is 3. The molecule has 5 heterocycles. The molecule has 12 heteroatoms. The van der Waals surface area contributed by atoms with Gasteiger partial charge in [0.2, 0.25) is 11.7 Å². The van der Waals surface area contributed by atoms with Gasteiger partial charge in [-0.3, -0.25) is 14.4 Å². The van der Waals surface area contributed by atoms with Crippen molar-refractivity contribution >= 4 is 51.9 Å². The van der Waals surface area contributed by atoms with E-state index in [1.807, 2.05) is 0 Å². The van der Waals surface area contributed by atoms with Crippen molar-refractivity contribution in [2.24, 2.45) is 5.92 Å². The first-order valence-corrected chi connectivity index (χ1v) is 14.6. The van der Waals surface area contributed by atoms with Gasteiger partial charge in [-0.05, 0) is 75.9 Å². The van der Waals surface area contributed by atoms with Gasteiger partial charge in [0.25, 0.3) is 11.8 Å². The number of nitrogens with zero attached hydrogens (tertiary/aromatic N) is 4. The van der Waals surface area contributed by atoms with E-state index in [-0.39, 0.29) is 51.8 Å². The number of rotatable bonds is 6. The number of pyridine rings is 2. The SMILES string of the molecule is O=C(Nc1ccc(Cl)cn1)c1oc2ccc(C(=O)N3CCOCC3)nc2c1NC(=O)C1CCC(N2CCCC2)CC1. The summed E-state index contributed by atoms with van der Waals surface area (Å²) in [6.45, 7) is 4.14. The maximum atomic E-state index is 13.5. The Morgan fingerprint density at radius 1 is 0.927 bits per heavy atom. The van der Waals surface area contributed by atoms with Crippen LogP contribution in [0.3, 0.4) is 0 Å². The molecule has 0 spiro atoms. The fourth-order valence-corrected chi connectivity index (χ4v) is 6.07. The van der Waals surface area contributed by atoms with Crippen LogP contribution < -0.4 is 10.6 Å². The molecule has 1 aliphatic carbocycles. The third-order valence-electron chi connectivity index (χ3n) is 8.20. The van der Waals surface area contributed by atoms with Crippen LogP contribution in [0.5, 0.6) is 0 Å². The second kappa shape index (κ2) is 12.1. The first-order chi connectivity index (χ1) is 20.0. The molecule has 0 atom stereocenters. The smallest absolute Gasteiger partial charge is 0.294 e. The van der Waals surface area contributed by atoms with E-state index in [4.69, 9.17) is 20.8 Å². The summed E-state index contributed by atoms with van der Waals surface area (Å²) in [5, 5.41) is 6.07. The molecule has 2 saturated heterocycles. The molecule has 1 saturated carbocycles. The lowest BCUT2D eigenvalue weighted by Gasteiger charge is -2.33. The topological polar surface area (TPSA) is 130 Å². The van der Waals surface area contributed by atoms with E-state index in [0.29, 0.717) is 37.4 Å². The Labute approximate surface area is 242 Å². The highest BCUT2D eigenvalue weighted by atomic mass is 35.5. The lowest BCUT2D eigenvalue weighted by Crippen LogP contribution is -2.41. The van der Waals surface area contributed by atoms with Crippen LogP contribution in [-0.2, 0) is 9.53 Å². The molecule has 0 unspecified atom stereocenters. The Kier molecular flexibility index (Phi) is 8.18. The van der Waals surface area contributed by atoms with Gasteiger partial charge in [0.15, 0.2) is 5.58 Å². The predicted molar refractivity (Wildman–Crippen MR) is 153 cm³/mol. The van der Waals surface area contributed by atoms with Crippen LogP contribution in [0, 0.1) is 5.92 Å². The Balaban J connectivity index is 1.26. The van der Waals surface area contributed by atoms with Gasteiger partial charge in [0.05, 0.1) is 18.2 Å². The third-order valence-corrected chi connectivity index (χ3v) is 8.42. The zero-order chi connectivity index (χ0) is 28.3. The number of carbonyl (C=O) groups excluding carboxylic acids is 3. The van der Waals surface area contributed by atoms with Crippen LogP contribution in [0.4, 0.5) is 11.5 Å². The van der Waals surface area contributed by atoms with Crippen LogP contribution >= 0.6 is 11.6 Å². The maximum absolute atomic E-state index is 13.5. The average molecular weight is 581 g/mol. The molecule has 3 aromatic heterocycles.